The molecule has 0 unspecified atom stereocenters. The number of sulfonamides is 1. The second-order valence-electron chi connectivity index (χ2n) is 5.91. The quantitative estimate of drug-likeness (QED) is 0.908. The lowest BCUT2D eigenvalue weighted by Crippen LogP contribution is -2.24. The Labute approximate surface area is 131 Å². The molecule has 22 heavy (non-hydrogen) atoms. The van der Waals surface area contributed by atoms with Gasteiger partial charge in [-0.05, 0) is 56.7 Å². The number of hydrogen-bond donors (Lipinski definition) is 2. The first-order valence-corrected chi connectivity index (χ1v) is 9.07. The Hall–Kier alpha value is -1.66. The predicted octanol–water partition coefficient (Wildman–Crippen LogP) is 2.38. The second-order valence-corrected chi connectivity index (χ2v) is 7.64. The summed E-state index contributed by atoms with van der Waals surface area (Å²) in [5, 5.41) is 0. The van der Waals surface area contributed by atoms with E-state index >= 15 is 0 Å². The van der Waals surface area contributed by atoms with Gasteiger partial charge in [0, 0.05) is 5.69 Å². The van der Waals surface area contributed by atoms with Gasteiger partial charge in [0.1, 0.15) is 5.82 Å². The molecule has 5 nitrogen and oxygen atoms in total. The van der Waals surface area contributed by atoms with Crippen molar-refractivity contribution >= 4 is 10.0 Å². The molecule has 2 aromatic rings. The van der Waals surface area contributed by atoms with Crippen LogP contribution in [0.4, 0.5) is 0 Å². The van der Waals surface area contributed by atoms with Gasteiger partial charge in [-0.3, -0.25) is 0 Å². The molecule has 1 aliphatic carbocycles. The normalized spacial score (nSPS) is 14.8. The van der Waals surface area contributed by atoms with Crippen LogP contribution in [0.25, 0.3) is 0 Å². The number of fused-ring (bicyclic) bond motifs is 1. The van der Waals surface area contributed by atoms with Crippen molar-refractivity contribution in [1.82, 2.24) is 14.7 Å². The SMILES string of the molecule is Cc1ccc(C)c(S(=O)(=O)NCc2nc3c([nH]2)CCCC3)c1. The number of rotatable bonds is 4. The number of hydrogen-bond acceptors (Lipinski definition) is 3. The number of nitrogens with one attached hydrogen (secondary N) is 2. The fourth-order valence-corrected chi connectivity index (χ4v) is 4.15. The van der Waals surface area contributed by atoms with E-state index in [-0.39, 0.29) is 6.54 Å². The lowest BCUT2D eigenvalue weighted by atomic mass is 10.0. The number of aromatic amines is 1. The van der Waals surface area contributed by atoms with Crippen LogP contribution in [-0.4, -0.2) is 18.4 Å². The van der Waals surface area contributed by atoms with E-state index in [2.05, 4.69) is 14.7 Å². The second kappa shape index (κ2) is 5.85. The number of aromatic nitrogens is 2. The van der Waals surface area contributed by atoms with Gasteiger partial charge in [-0.25, -0.2) is 18.1 Å². The Bertz CT molecular complexity index is 770. The Morgan fingerprint density at radius 2 is 2.00 bits per heavy atom. The highest BCUT2D eigenvalue weighted by molar-refractivity contribution is 7.89. The molecule has 0 atom stereocenters. The van der Waals surface area contributed by atoms with Crippen molar-refractivity contribution in [3.8, 4) is 0 Å². The monoisotopic (exact) mass is 319 g/mol. The van der Waals surface area contributed by atoms with Crippen molar-refractivity contribution in [2.75, 3.05) is 0 Å². The average Bonchev–Trinajstić information content (AvgIpc) is 2.90. The molecule has 0 spiro atoms. The van der Waals surface area contributed by atoms with Gasteiger partial charge in [0.05, 0.1) is 17.1 Å². The highest BCUT2D eigenvalue weighted by Crippen LogP contribution is 2.20. The minimum atomic E-state index is -3.52. The third-order valence-corrected chi connectivity index (χ3v) is 5.61. The van der Waals surface area contributed by atoms with Gasteiger partial charge in [0.15, 0.2) is 0 Å². The van der Waals surface area contributed by atoms with Gasteiger partial charge in [-0.2, -0.15) is 0 Å². The van der Waals surface area contributed by atoms with Gasteiger partial charge >= 0.3 is 0 Å². The Morgan fingerprint density at radius 3 is 2.77 bits per heavy atom. The van der Waals surface area contributed by atoms with Crippen LogP contribution in [-0.2, 0) is 29.4 Å². The molecule has 0 radical (unpaired) electrons. The van der Waals surface area contributed by atoms with Crippen molar-refractivity contribution in [3.05, 3.63) is 46.5 Å². The van der Waals surface area contributed by atoms with E-state index in [1.165, 1.54) is 6.42 Å². The van der Waals surface area contributed by atoms with Crippen molar-refractivity contribution < 1.29 is 8.42 Å². The summed E-state index contributed by atoms with van der Waals surface area (Å²) in [6, 6.07) is 5.44. The minimum Gasteiger partial charge on any atom is -0.345 e. The molecule has 1 heterocycles. The van der Waals surface area contributed by atoms with Crippen molar-refractivity contribution in [1.29, 1.82) is 0 Å². The van der Waals surface area contributed by atoms with Gasteiger partial charge in [0.2, 0.25) is 10.0 Å². The molecule has 0 fully saturated rings. The summed E-state index contributed by atoms with van der Waals surface area (Å²) in [4.78, 5) is 8.09. The molecule has 1 aromatic carbocycles. The Kier molecular flexibility index (Phi) is 4.06. The fourth-order valence-electron chi connectivity index (χ4n) is 2.83. The standard InChI is InChI=1S/C16H21N3O2S/c1-11-7-8-12(2)15(9-11)22(20,21)17-10-16-18-13-5-3-4-6-14(13)19-16/h7-9,17H,3-6,10H2,1-2H3,(H,18,19). The summed E-state index contributed by atoms with van der Waals surface area (Å²) >= 11 is 0. The number of aryl methyl sites for hydroxylation is 4. The largest absolute Gasteiger partial charge is 0.345 e. The topological polar surface area (TPSA) is 74.8 Å². The van der Waals surface area contributed by atoms with Crippen LogP contribution >= 0.6 is 0 Å². The molecule has 118 valence electrons. The Morgan fingerprint density at radius 1 is 1.23 bits per heavy atom. The minimum absolute atomic E-state index is 0.197. The van der Waals surface area contributed by atoms with Crippen LogP contribution in [0.1, 0.15) is 41.2 Å². The summed E-state index contributed by atoms with van der Waals surface area (Å²) in [7, 11) is -3.52. The first-order valence-electron chi connectivity index (χ1n) is 7.59. The number of benzene rings is 1. The lowest BCUT2D eigenvalue weighted by molar-refractivity contribution is 0.579. The zero-order valence-corrected chi connectivity index (χ0v) is 13.8. The number of nitrogens with zero attached hydrogens (tertiary/aromatic N) is 1. The van der Waals surface area contributed by atoms with Crippen molar-refractivity contribution in [2.45, 2.75) is 51.0 Å². The lowest BCUT2D eigenvalue weighted by Gasteiger charge is -2.09. The van der Waals surface area contributed by atoms with Crippen LogP contribution < -0.4 is 4.72 Å². The predicted molar refractivity (Wildman–Crippen MR) is 85.2 cm³/mol. The smallest absolute Gasteiger partial charge is 0.241 e. The van der Waals surface area contributed by atoms with E-state index in [0.717, 1.165) is 41.8 Å². The van der Waals surface area contributed by atoms with Crippen molar-refractivity contribution in [2.24, 2.45) is 0 Å². The molecular weight excluding hydrogens is 298 g/mol. The molecule has 3 rings (SSSR count). The Balaban J connectivity index is 1.77. The molecule has 0 bridgehead atoms. The van der Waals surface area contributed by atoms with Gasteiger partial charge < -0.3 is 4.98 Å². The molecule has 1 aliphatic rings. The van der Waals surface area contributed by atoms with Crippen LogP contribution in [0, 0.1) is 13.8 Å². The summed E-state index contributed by atoms with van der Waals surface area (Å²) in [6.45, 7) is 3.89. The van der Waals surface area contributed by atoms with E-state index in [9.17, 15) is 8.42 Å². The third-order valence-electron chi connectivity index (χ3n) is 4.07. The van der Waals surface area contributed by atoms with Crippen LogP contribution in [0.5, 0.6) is 0 Å². The first kappa shape index (κ1) is 15.2. The van der Waals surface area contributed by atoms with E-state index in [4.69, 9.17) is 0 Å². The average molecular weight is 319 g/mol. The van der Waals surface area contributed by atoms with E-state index in [0.29, 0.717) is 10.7 Å². The molecule has 6 heteroatoms. The zero-order valence-electron chi connectivity index (χ0n) is 12.9. The van der Waals surface area contributed by atoms with Gasteiger partial charge in [-0.15, -0.1) is 0 Å². The van der Waals surface area contributed by atoms with Gasteiger partial charge in [0.25, 0.3) is 0 Å². The maximum Gasteiger partial charge on any atom is 0.241 e. The summed E-state index contributed by atoms with van der Waals surface area (Å²) in [5.41, 5.74) is 3.93. The van der Waals surface area contributed by atoms with E-state index in [1.54, 1.807) is 13.0 Å². The molecule has 0 saturated heterocycles. The summed E-state index contributed by atoms with van der Waals surface area (Å²) in [5.74, 6) is 0.695. The van der Waals surface area contributed by atoms with Gasteiger partial charge in [-0.1, -0.05) is 12.1 Å². The van der Waals surface area contributed by atoms with E-state index in [1.807, 2.05) is 19.1 Å². The number of imidazole rings is 1. The van der Waals surface area contributed by atoms with Crippen molar-refractivity contribution in [3.63, 3.8) is 0 Å². The molecule has 0 aliphatic heterocycles. The summed E-state index contributed by atoms with van der Waals surface area (Å²) < 4.78 is 27.6. The first-order chi connectivity index (χ1) is 10.5. The zero-order chi connectivity index (χ0) is 15.7. The third kappa shape index (κ3) is 3.08. The molecule has 0 amide bonds. The van der Waals surface area contributed by atoms with E-state index < -0.39 is 10.0 Å². The molecular formula is C16H21N3O2S. The molecule has 2 N–H and O–H groups in total. The van der Waals surface area contributed by atoms with Crippen LogP contribution in [0.2, 0.25) is 0 Å². The fraction of sp³-hybridized carbons (Fsp3) is 0.438. The molecule has 1 aromatic heterocycles. The maximum atomic E-state index is 12.5. The van der Waals surface area contributed by atoms with Crippen LogP contribution in [0.15, 0.2) is 23.1 Å². The molecule has 0 saturated carbocycles. The highest BCUT2D eigenvalue weighted by atomic mass is 32.2. The maximum absolute atomic E-state index is 12.5. The van der Waals surface area contributed by atoms with Crippen LogP contribution in [0.3, 0.4) is 0 Å². The number of H-pyrrole nitrogens is 1. The summed E-state index contributed by atoms with van der Waals surface area (Å²) in [6.07, 6.45) is 4.32. The highest BCUT2D eigenvalue weighted by Gasteiger charge is 2.19.